The molecule has 0 fully saturated rings. The topological polar surface area (TPSA) is 12.0 Å². The van der Waals surface area contributed by atoms with Crippen molar-refractivity contribution in [3.8, 4) is 0 Å². The van der Waals surface area contributed by atoms with Gasteiger partial charge in [0.25, 0.3) is 0 Å². The summed E-state index contributed by atoms with van der Waals surface area (Å²) in [4.78, 5) is 0. The van der Waals surface area contributed by atoms with E-state index >= 15 is 0 Å². The van der Waals surface area contributed by atoms with Gasteiger partial charge in [0.1, 0.15) is 0 Å². The van der Waals surface area contributed by atoms with Crippen LogP contribution in [0.2, 0.25) is 0 Å². The molecule has 0 spiro atoms. The third-order valence-corrected chi connectivity index (χ3v) is 5.21. The summed E-state index contributed by atoms with van der Waals surface area (Å²) in [5.74, 6) is 1.16. The summed E-state index contributed by atoms with van der Waals surface area (Å²) >= 11 is 2.22. The van der Waals surface area contributed by atoms with Gasteiger partial charge in [0.15, 0.2) is 0 Å². The van der Waals surface area contributed by atoms with Gasteiger partial charge in [-0.15, -0.1) is 0 Å². The van der Waals surface area contributed by atoms with Gasteiger partial charge in [0, 0.05) is 12.7 Å². The van der Waals surface area contributed by atoms with E-state index in [-0.39, 0.29) is 24.8 Å². The third kappa shape index (κ3) is 6.17. The van der Waals surface area contributed by atoms with Crippen molar-refractivity contribution in [3.63, 3.8) is 0 Å². The molecule has 1 unspecified atom stereocenters. The van der Waals surface area contributed by atoms with Crippen LogP contribution in [0.4, 0.5) is 5.69 Å². The second-order valence-corrected chi connectivity index (χ2v) is 7.81. The van der Waals surface area contributed by atoms with Gasteiger partial charge in [-0.3, -0.25) is 0 Å². The Kier molecular flexibility index (Phi) is 11.5. The molecule has 2 aromatic carbocycles. The van der Waals surface area contributed by atoms with Gasteiger partial charge in [-0.2, -0.15) is 0 Å². The van der Waals surface area contributed by atoms with Gasteiger partial charge >= 0.3 is 72.2 Å². The van der Waals surface area contributed by atoms with Crippen LogP contribution in [0.1, 0.15) is 66.0 Å². The molecule has 1 atom stereocenters. The monoisotopic (exact) mass is 424 g/mol. The Morgan fingerprint density at radius 3 is 1.85 bits per heavy atom. The van der Waals surface area contributed by atoms with E-state index in [0.29, 0.717) is 16.1 Å². The molecule has 1 aliphatic carbocycles. The summed E-state index contributed by atoms with van der Waals surface area (Å²) < 4.78 is 0.621. The number of hydrogen-bond donors (Lipinski definition) is 1. The maximum absolute atomic E-state index is 3.33. The number of rotatable bonds is 3. The molecular formula is C22H28Cl2NTi. The Morgan fingerprint density at radius 2 is 1.38 bits per heavy atom. The molecule has 0 radical (unpaired) electrons. The molecule has 0 heterocycles. The minimum absolute atomic E-state index is 0. The van der Waals surface area contributed by atoms with Gasteiger partial charge < -0.3 is 30.1 Å². The molecule has 0 saturated carbocycles. The summed E-state index contributed by atoms with van der Waals surface area (Å²) in [6.07, 6.45) is 4.44. The van der Waals surface area contributed by atoms with Crippen molar-refractivity contribution in [1.82, 2.24) is 0 Å². The normalized spacial score (nSPS) is 14.1. The Bertz CT molecular complexity index is 685. The Labute approximate surface area is 183 Å². The van der Waals surface area contributed by atoms with E-state index < -0.39 is 0 Å². The average Bonchev–Trinajstić information content (AvgIpc) is 2.96. The molecule has 0 aliphatic heterocycles. The van der Waals surface area contributed by atoms with E-state index in [0.717, 1.165) is 0 Å². The number of para-hydroxylation sites is 1. The van der Waals surface area contributed by atoms with Crippen molar-refractivity contribution in [2.45, 2.75) is 43.8 Å². The fourth-order valence-corrected chi connectivity index (χ4v) is 3.65. The molecule has 1 nitrogen and oxygen atoms in total. The van der Waals surface area contributed by atoms with Gasteiger partial charge in [-0.05, 0) is 23.0 Å². The van der Waals surface area contributed by atoms with Crippen LogP contribution in [0.5, 0.6) is 0 Å². The number of benzene rings is 2. The van der Waals surface area contributed by atoms with Crippen molar-refractivity contribution < 1.29 is 45.2 Å². The molecule has 1 aliphatic rings. The zero-order valence-electron chi connectivity index (χ0n) is 16.2. The van der Waals surface area contributed by atoms with Gasteiger partial charge in [-0.1, -0.05) is 45.9 Å². The first-order valence-corrected chi connectivity index (χ1v) is 9.64. The van der Waals surface area contributed by atoms with Gasteiger partial charge in [0.2, 0.25) is 0 Å². The van der Waals surface area contributed by atoms with Crippen molar-refractivity contribution >= 4 is 11.8 Å². The van der Waals surface area contributed by atoms with E-state index in [1.54, 1.807) is 0 Å². The molecule has 139 valence electrons. The van der Waals surface area contributed by atoms with Crippen molar-refractivity contribution in [2.24, 2.45) is 0 Å². The minimum atomic E-state index is 0. The predicted octanol–water partition coefficient (Wildman–Crippen LogP) is 0.284. The standard InChI is InChI=1S/C13H21N.C9H7.2ClH.Ti/c1-9(2)11-7-6-8-12(10(3)4)13(11)14-5;1-2-5-9-7-3-6-8(9)4-1;;;/h6-10,14H,1-5H3;1-7H;2*1H;/q;;;;+2/p-2. The number of hydrogen-bond acceptors (Lipinski definition) is 1. The van der Waals surface area contributed by atoms with Crippen LogP contribution in [0.3, 0.4) is 0 Å². The van der Waals surface area contributed by atoms with Crippen LogP contribution >= 0.6 is 0 Å². The molecule has 26 heavy (non-hydrogen) atoms. The fourth-order valence-electron chi connectivity index (χ4n) is 3.09. The molecule has 4 heteroatoms. The molecule has 0 bridgehead atoms. The Balaban J connectivity index is 0.000000464. The van der Waals surface area contributed by atoms with Crippen LogP contribution in [0.25, 0.3) is 6.08 Å². The van der Waals surface area contributed by atoms with E-state index in [1.165, 1.54) is 27.9 Å². The Hall–Kier alpha value is -0.726. The summed E-state index contributed by atoms with van der Waals surface area (Å²) in [7, 11) is 2.01. The summed E-state index contributed by atoms with van der Waals surface area (Å²) in [5.41, 5.74) is 6.99. The van der Waals surface area contributed by atoms with E-state index in [9.17, 15) is 0 Å². The number of allylic oxidation sites excluding steroid dienone is 1. The first-order chi connectivity index (χ1) is 11.5. The molecule has 0 aromatic heterocycles. The van der Waals surface area contributed by atoms with Crippen LogP contribution in [-0.4, -0.2) is 7.05 Å². The van der Waals surface area contributed by atoms with Crippen molar-refractivity contribution in [1.29, 1.82) is 0 Å². The number of fused-ring (bicyclic) bond motifs is 1. The zero-order valence-corrected chi connectivity index (χ0v) is 19.3. The summed E-state index contributed by atoms with van der Waals surface area (Å²) in [6, 6.07) is 15.1. The van der Waals surface area contributed by atoms with E-state index in [2.05, 4.69) is 108 Å². The number of anilines is 1. The third-order valence-electron chi connectivity index (χ3n) is 4.42. The van der Waals surface area contributed by atoms with Crippen molar-refractivity contribution in [2.75, 3.05) is 12.4 Å². The summed E-state index contributed by atoms with van der Waals surface area (Å²) in [6.45, 7) is 8.95. The molecular weight excluding hydrogens is 397 g/mol. The quantitative estimate of drug-likeness (QED) is 0.698. The SMILES string of the molecule is CNc1c(C(C)C)cccc1C(C)C.[Cl-].[Cl-].[Ti+2][CH]1C=Cc2ccccc21. The molecule has 1 N–H and O–H groups in total. The predicted molar refractivity (Wildman–Crippen MR) is 102 cm³/mol. The molecule has 2 aromatic rings. The van der Waals surface area contributed by atoms with Crippen LogP contribution in [-0.2, 0) is 20.4 Å². The van der Waals surface area contributed by atoms with Crippen LogP contribution in [0, 0.1) is 0 Å². The average molecular weight is 425 g/mol. The first kappa shape index (κ1) is 25.3. The molecule has 0 amide bonds. The van der Waals surface area contributed by atoms with Crippen LogP contribution in [0.15, 0.2) is 48.5 Å². The van der Waals surface area contributed by atoms with Crippen molar-refractivity contribution in [3.05, 3.63) is 70.8 Å². The molecule has 3 rings (SSSR count). The Morgan fingerprint density at radius 1 is 0.846 bits per heavy atom. The second kappa shape index (κ2) is 11.9. The van der Waals surface area contributed by atoms with E-state index in [4.69, 9.17) is 0 Å². The fraction of sp³-hybridized carbons (Fsp3) is 0.364. The summed E-state index contributed by atoms with van der Waals surface area (Å²) in [5, 5.41) is 3.33. The van der Waals surface area contributed by atoms with E-state index in [1.807, 2.05) is 7.05 Å². The van der Waals surface area contributed by atoms with Gasteiger partial charge in [0.05, 0.1) is 0 Å². The zero-order chi connectivity index (χ0) is 17.7. The van der Waals surface area contributed by atoms with Crippen LogP contribution < -0.4 is 30.1 Å². The molecule has 0 saturated heterocycles. The van der Waals surface area contributed by atoms with Gasteiger partial charge in [-0.25, -0.2) is 0 Å². The second-order valence-electron chi connectivity index (χ2n) is 6.84. The number of nitrogens with one attached hydrogen (secondary N) is 1. The number of halogens is 2. The first-order valence-electron chi connectivity index (χ1n) is 8.74. The maximum atomic E-state index is 3.33.